The Morgan fingerprint density at radius 3 is 2.56 bits per heavy atom. The van der Waals surface area contributed by atoms with Crippen LogP contribution in [0.15, 0.2) is 34.8 Å². The summed E-state index contributed by atoms with van der Waals surface area (Å²) >= 11 is 0. The second-order valence-electron chi connectivity index (χ2n) is 3.40. The molecule has 2 rings (SSSR count). The maximum Gasteiger partial charge on any atom is 0.416 e. The molecule has 4 heteroatoms. The molecule has 0 aliphatic carbocycles. The molecule has 0 saturated carbocycles. The third kappa shape index (κ3) is 1.96. The van der Waals surface area contributed by atoms with Crippen LogP contribution in [-0.2, 0) is 6.18 Å². The van der Waals surface area contributed by atoms with Crippen molar-refractivity contribution < 1.29 is 17.6 Å². The Kier molecular flexibility index (Phi) is 2.50. The minimum Gasteiger partial charge on any atom is -0.457 e. The van der Waals surface area contributed by atoms with E-state index in [2.05, 4.69) is 0 Å². The molecule has 1 aromatic carbocycles. The number of rotatable bonds is 1. The van der Waals surface area contributed by atoms with Gasteiger partial charge >= 0.3 is 6.18 Å². The molecule has 1 aromatic heterocycles. The van der Waals surface area contributed by atoms with Crippen LogP contribution in [0.25, 0.3) is 17.0 Å². The predicted molar refractivity (Wildman–Crippen MR) is 55.9 cm³/mol. The first-order valence-corrected chi connectivity index (χ1v) is 4.74. The van der Waals surface area contributed by atoms with Crippen molar-refractivity contribution in [1.29, 1.82) is 0 Å². The minimum absolute atomic E-state index is 0.253. The van der Waals surface area contributed by atoms with Gasteiger partial charge in [-0.05, 0) is 31.2 Å². The number of fused-ring (bicyclic) bond motifs is 1. The van der Waals surface area contributed by atoms with E-state index in [-0.39, 0.29) is 5.58 Å². The summed E-state index contributed by atoms with van der Waals surface area (Å²) < 4.78 is 42.5. The second kappa shape index (κ2) is 3.70. The van der Waals surface area contributed by atoms with Gasteiger partial charge in [-0.1, -0.05) is 12.1 Å². The summed E-state index contributed by atoms with van der Waals surface area (Å²) in [6.07, 6.45) is -0.864. The first-order valence-electron chi connectivity index (χ1n) is 4.74. The number of hydrogen-bond donors (Lipinski definition) is 0. The summed E-state index contributed by atoms with van der Waals surface area (Å²) in [4.78, 5) is 0. The Balaban J connectivity index is 2.54. The summed E-state index contributed by atoms with van der Waals surface area (Å²) in [5.41, 5.74) is -0.440. The van der Waals surface area contributed by atoms with Crippen molar-refractivity contribution in [3.63, 3.8) is 0 Å². The number of halogens is 3. The molecule has 1 heterocycles. The van der Waals surface area contributed by atoms with Crippen molar-refractivity contribution in [2.24, 2.45) is 0 Å². The van der Waals surface area contributed by atoms with E-state index in [0.29, 0.717) is 11.1 Å². The van der Waals surface area contributed by atoms with Crippen LogP contribution in [0, 0.1) is 0 Å². The molecule has 0 radical (unpaired) electrons. The zero-order chi connectivity index (χ0) is 11.8. The Morgan fingerprint density at radius 2 is 1.94 bits per heavy atom. The van der Waals surface area contributed by atoms with Gasteiger partial charge in [0.1, 0.15) is 11.3 Å². The molecule has 0 aliphatic rings. The van der Waals surface area contributed by atoms with Crippen molar-refractivity contribution in [2.75, 3.05) is 0 Å². The van der Waals surface area contributed by atoms with Crippen molar-refractivity contribution in [3.8, 4) is 0 Å². The maximum atomic E-state index is 12.4. The Hall–Kier alpha value is -1.71. The molecule has 1 nitrogen and oxygen atoms in total. The van der Waals surface area contributed by atoms with E-state index in [0.717, 1.165) is 12.1 Å². The lowest BCUT2D eigenvalue weighted by molar-refractivity contribution is -0.137. The Bertz CT molecular complexity index is 535. The molecule has 16 heavy (non-hydrogen) atoms. The van der Waals surface area contributed by atoms with E-state index in [9.17, 15) is 13.2 Å². The van der Waals surface area contributed by atoms with E-state index < -0.39 is 11.7 Å². The van der Waals surface area contributed by atoms with Crippen molar-refractivity contribution >= 4 is 17.0 Å². The van der Waals surface area contributed by atoms with Gasteiger partial charge in [0.25, 0.3) is 0 Å². The highest BCUT2D eigenvalue weighted by molar-refractivity contribution is 5.80. The van der Waals surface area contributed by atoms with Crippen LogP contribution in [0.3, 0.4) is 0 Å². The van der Waals surface area contributed by atoms with Gasteiger partial charge < -0.3 is 4.42 Å². The van der Waals surface area contributed by atoms with Crippen molar-refractivity contribution in [3.05, 3.63) is 41.7 Å². The van der Waals surface area contributed by atoms with Crippen LogP contribution in [0.5, 0.6) is 0 Å². The summed E-state index contributed by atoms with van der Waals surface area (Å²) in [6.45, 7) is 1.81. The van der Waals surface area contributed by atoms with Crippen molar-refractivity contribution in [2.45, 2.75) is 13.1 Å². The first kappa shape index (κ1) is 10.8. The van der Waals surface area contributed by atoms with Gasteiger partial charge in [0.05, 0.1) is 5.56 Å². The molecule has 84 valence electrons. The molecular weight excluding hydrogens is 217 g/mol. The van der Waals surface area contributed by atoms with Crippen LogP contribution in [-0.4, -0.2) is 0 Å². The van der Waals surface area contributed by atoms with Crippen LogP contribution in [0.1, 0.15) is 18.2 Å². The molecule has 2 aromatic rings. The third-order valence-electron chi connectivity index (χ3n) is 2.20. The lowest BCUT2D eigenvalue weighted by Crippen LogP contribution is -2.03. The fourth-order valence-electron chi connectivity index (χ4n) is 1.47. The van der Waals surface area contributed by atoms with Gasteiger partial charge in [0, 0.05) is 5.39 Å². The van der Waals surface area contributed by atoms with E-state index in [1.54, 1.807) is 18.2 Å². The summed E-state index contributed by atoms with van der Waals surface area (Å²) in [5.74, 6) is 0.553. The van der Waals surface area contributed by atoms with Crippen LogP contribution < -0.4 is 0 Å². The molecule has 0 spiro atoms. The van der Waals surface area contributed by atoms with Gasteiger partial charge in [0.15, 0.2) is 0 Å². The quantitative estimate of drug-likeness (QED) is 0.698. The van der Waals surface area contributed by atoms with Crippen molar-refractivity contribution in [1.82, 2.24) is 0 Å². The Labute approximate surface area is 90.2 Å². The average Bonchev–Trinajstić information content (AvgIpc) is 2.57. The molecule has 0 aliphatic heterocycles. The maximum absolute atomic E-state index is 12.4. The molecule has 0 atom stereocenters. The van der Waals surface area contributed by atoms with Gasteiger partial charge in [-0.3, -0.25) is 0 Å². The van der Waals surface area contributed by atoms with Gasteiger partial charge in [0.2, 0.25) is 0 Å². The fraction of sp³-hybridized carbons (Fsp3) is 0.167. The summed E-state index contributed by atoms with van der Waals surface area (Å²) in [6, 6.07) is 5.18. The number of furan rings is 1. The van der Waals surface area contributed by atoms with E-state index >= 15 is 0 Å². The highest BCUT2D eigenvalue weighted by atomic mass is 19.4. The molecule has 0 bridgehead atoms. The zero-order valence-electron chi connectivity index (χ0n) is 8.51. The first-order chi connectivity index (χ1) is 7.50. The highest BCUT2D eigenvalue weighted by Crippen LogP contribution is 2.32. The molecule has 0 N–H and O–H groups in total. The molecule has 0 unspecified atom stereocenters. The van der Waals surface area contributed by atoms with E-state index in [1.165, 1.54) is 6.07 Å². The molecular formula is C12H9F3O. The topological polar surface area (TPSA) is 13.1 Å². The standard InChI is InChI=1S/C12H9F3O/c1-2-3-10-6-8-4-5-9(12(13,14)15)7-11(8)16-10/h2-7H,1H3. The Morgan fingerprint density at radius 1 is 1.19 bits per heavy atom. The normalized spacial score (nSPS) is 12.8. The average molecular weight is 226 g/mol. The monoisotopic (exact) mass is 226 g/mol. The second-order valence-corrected chi connectivity index (χ2v) is 3.40. The summed E-state index contributed by atoms with van der Waals surface area (Å²) in [7, 11) is 0. The SMILES string of the molecule is CC=Cc1cc2ccc(C(F)(F)F)cc2o1. The largest absolute Gasteiger partial charge is 0.457 e. The van der Waals surface area contributed by atoms with Gasteiger partial charge in [-0.2, -0.15) is 13.2 Å². The fourth-order valence-corrected chi connectivity index (χ4v) is 1.47. The van der Waals surface area contributed by atoms with Crippen LogP contribution >= 0.6 is 0 Å². The number of allylic oxidation sites excluding steroid dienone is 1. The smallest absolute Gasteiger partial charge is 0.416 e. The summed E-state index contributed by atoms with van der Waals surface area (Å²) in [5, 5.41) is 0.668. The third-order valence-corrected chi connectivity index (χ3v) is 2.20. The number of alkyl halides is 3. The zero-order valence-corrected chi connectivity index (χ0v) is 8.51. The lowest BCUT2D eigenvalue weighted by Gasteiger charge is -2.04. The number of benzene rings is 1. The van der Waals surface area contributed by atoms with Crippen LogP contribution in [0.2, 0.25) is 0 Å². The minimum atomic E-state index is -4.33. The molecule has 0 fully saturated rings. The molecule has 0 saturated heterocycles. The molecule has 0 amide bonds. The predicted octanol–water partition coefficient (Wildman–Crippen LogP) is 4.48. The van der Waals surface area contributed by atoms with Gasteiger partial charge in [-0.25, -0.2) is 0 Å². The van der Waals surface area contributed by atoms with E-state index in [1.807, 2.05) is 6.92 Å². The highest BCUT2D eigenvalue weighted by Gasteiger charge is 2.30. The van der Waals surface area contributed by atoms with Crippen LogP contribution in [0.4, 0.5) is 13.2 Å². The van der Waals surface area contributed by atoms with E-state index in [4.69, 9.17) is 4.42 Å². The lowest BCUT2D eigenvalue weighted by atomic mass is 10.1. The number of hydrogen-bond acceptors (Lipinski definition) is 1. The van der Waals surface area contributed by atoms with Gasteiger partial charge in [-0.15, -0.1) is 0 Å².